The molecule has 1 aliphatic heterocycles. The minimum Gasteiger partial charge on any atom is -0.429 e. The first kappa shape index (κ1) is 34.3. The first-order valence-corrected chi connectivity index (χ1v) is 12.8. The standard InChI is InChI=1S/C28H19F13O4/c1-2-3-12-10-42-25(43-11-12)14-6-20(33)23(21(34)7-14)26(35,36)44-15-8-16(29)22(17(30)9-15)13-4-18(31)24(19(32)5-13)27(37,38)45-28(39,40)41/h4-9,12,25H,2-3,10-11H2,1H3. The van der Waals surface area contributed by atoms with Crippen LogP contribution >= 0.6 is 0 Å². The quantitative estimate of drug-likeness (QED) is 0.214. The van der Waals surface area contributed by atoms with Gasteiger partial charge in [0.25, 0.3) is 0 Å². The van der Waals surface area contributed by atoms with Gasteiger partial charge in [-0.25, -0.2) is 31.1 Å². The van der Waals surface area contributed by atoms with Crippen LogP contribution in [-0.2, 0) is 26.4 Å². The van der Waals surface area contributed by atoms with Gasteiger partial charge in [0.2, 0.25) is 0 Å². The zero-order valence-electron chi connectivity index (χ0n) is 22.5. The SMILES string of the molecule is CCCC1COC(c2cc(F)c(C(F)(F)Oc3cc(F)c(-c4cc(F)c(C(F)(F)OC(F)(F)F)c(F)c4)c(F)c3)c(F)c2)OC1. The van der Waals surface area contributed by atoms with Crippen molar-refractivity contribution in [2.75, 3.05) is 13.2 Å². The van der Waals surface area contributed by atoms with Crippen LogP contribution < -0.4 is 4.74 Å². The van der Waals surface area contributed by atoms with Crippen molar-refractivity contribution in [3.05, 3.63) is 88.0 Å². The van der Waals surface area contributed by atoms with Crippen molar-refractivity contribution < 1.29 is 76.0 Å². The summed E-state index contributed by atoms with van der Waals surface area (Å²) < 4.78 is 199. The van der Waals surface area contributed by atoms with Gasteiger partial charge in [-0.15, -0.1) is 13.2 Å². The number of rotatable bonds is 9. The van der Waals surface area contributed by atoms with E-state index in [4.69, 9.17) is 9.47 Å². The highest BCUT2D eigenvalue weighted by atomic mass is 19.4. The molecule has 3 aromatic carbocycles. The maximum atomic E-state index is 14.9. The fourth-order valence-electron chi connectivity index (χ4n) is 4.59. The van der Waals surface area contributed by atoms with E-state index in [0.29, 0.717) is 12.1 Å². The van der Waals surface area contributed by atoms with Crippen LogP contribution in [0.25, 0.3) is 11.1 Å². The van der Waals surface area contributed by atoms with Crippen LogP contribution in [0.3, 0.4) is 0 Å². The van der Waals surface area contributed by atoms with Crippen molar-refractivity contribution in [2.45, 2.75) is 44.6 Å². The summed E-state index contributed by atoms with van der Waals surface area (Å²) in [5.41, 5.74) is -7.38. The molecular weight excluding hydrogens is 647 g/mol. The number of hydrogen-bond acceptors (Lipinski definition) is 4. The van der Waals surface area contributed by atoms with E-state index in [1.54, 1.807) is 0 Å². The molecule has 0 aromatic heterocycles. The van der Waals surface area contributed by atoms with E-state index >= 15 is 0 Å². The van der Waals surface area contributed by atoms with E-state index < -0.39 is 87.8 Å². The number of benzene rings is 3. The van der Waals surface area contributed by atoms with Gasteiger partial charge in [0.05, 0.1) is 18.8 Å². The van der Waals surface area contributed by atoms with Gasteiger partial charge in [-0.2, -0.15) is 17.6 Å². The molecule has 0 aliphatic carbocycles. The molecule has 1 heterocycles. The van der Waals surface area contributed by atoms with Crippen molar-refractivity contribution >= 4 is 0 Å². The lowest BCUT2D eigenvalue weighted by Crippen LogP contribution is -2.29. The third-order valence-corrected chi connectivity index (χ3v) is 6.42. The Labute approximate surface area is 245 Å². The van der Waals surface area contributed by atoms with Crippen molar-refractivity contribution in [3.8, 4) is 16.9 Å². The molecule has 3 aromatic rings. The van der Waals surface area contributed by atoms with Crippen molar-refractivity contribution in [1.82, 2.24) is 0 Å². The lowest BCUT2D eigenvalue weighted by Gasteiger charge is -2.30. The average molecular weight is 666 g/mol. The molecule has 4 rings (SSSR count). The summed E-state index contributed by atoms with van der Waals surface area (Å²) in [5, 5.41) is 0. The monoisotopic (exact) mass is 666 g/mol. The van der Waals surface area contributed by atoms with Gasteiger partial charge >= 0.3 is 18.6 Å². The van der Waals surface area contributed by atoms with E-state index in [2.05, 4.69) is 9.47 Å². The van der Waals surface area contributed by atoms with E-state index in [-0.39, 0.29) is 49.0 Å². The van der Waals surface area contributed by atoms with Gasteiger partial charge in [-0.3, -0.25) is 0 Å². The Kier molecular flexibility index (Phi) is 9.66. The van der Waals surface area contributed by atoms with Gasteiger partial charge in [0.15, 0.2) is 6.29 Å². The molecule has 0 N–H and O–H groups in total. The second kappa shape index (κ2) is 12.7. The zero-order chi connectivity index (χ0) is 33.5. The van der Waals surface area contributed by atoms with E-state index in [0.717, 1.165) is 12.8 Å². The highest BCUT2D eigenvalue weighted by molar-refractivity contribution is 5.66. The van der Waals surface area contributed by atoms with Crippen molar-refractivity contribution in [3.63, 3.8) is 0 Å². The van der Waals surface area contributed by atoms with Gasteiger partial charge < -0.3 is 14.2 Å². The number of alkyl halides is 7. The largest absolute Gasteiger partial charge is 0.527 e. The van der Waals surface area contributed by atoms with Gasteiger partial charge in [0, 0.05) is 23.6 Å². The number of halogens is 13. The normalized spacial score (nSPS) is 17.9. The second-order valence-electron chi connectivity index (χ2n) is 9.77. The molecule has 0 bridgehead atoms. The van der Waals surface area contributed by atoms with Crippen LogP contribution in [0.15, 0.2) is 36.4 Å². The maximum Gasteiger partial charge on any atom is 0.527 e. The van der Waals surface area contributed by atoms with Crippen LogP contribution in [0.5, 0.6) is 5.75 Å². The Balaban J connectivity index is 1.59. The van der Waals surface area contributed by atoms with Crippen molar-refractivity contribution in [1.29, 1.82) is 0 Å². The Bertz CT molecular complexity index is 1480. The topological polar surface area (TPSA) is 36.9 Å². The Hall–Kier alpha value is -3.57. The fraction of sp³-hybridized carbons (Fsp3) is 0.357. The van der Waals surface area contributed by atoms with Crippen LogP contribution in [0.2, 0.25) is 0 Å². The van der Waals surface area contributed by atoms with E-state index in [9.17, 15) is 57.1 Å². The van der Waals surface area contributed by atoms with Gasteiger partial charge in [0.1, 0.15) is 51.8 Å². The smallest absolute Gasteiger partial charge is 0.429 e. The Morgan fingerprint density at radius 1 is 0.667 bits per heavy atom. The van der Waals surface area contributed by atoms with Gasteiger partial charge in [-0.05, 0) is 36.2 Å². The molecule has 17 heteroatoms. The molecule has 1 saturated heterocycles. The number of ether oxygens (including phenoxy) is 4. The Morgan fingerprint density at radius 2 is 1.13 bits per heavy atom. The highest BCUT2D eigenvalue weighted by Crippen LogP contribution is 2.42. The molecule has 0 radical (unpaired) electrons. The van der Waals surface area contributed by atoms with Crippen LogP contribution in [0, 0.1) is 40.8 Å². The minimum atomic E-state index is -6.04. The third-order valence-electron chi connectivity index (χ3n) is 6.42. The molecule has 0 saturated carbocycles. The first-order valence-electron chi connectivity index (χ1n) is 12.8. The summed E-state index contributed by atoms with van der Waals surface area (Å²) >= 11 is 0. The summed E-state index contributed by atoms with van der Waals surface area (Å²) in [4.78, 5) is 0. The predicted octanol–water partition coefficient (Wildman–Crippen LogP) is 9.36. The van der Waals surface area contributed by atoms with Crippen LogP contribution in [0.4, 0.5) is 57.1 Å². The molecule has 246 valence electrons. The molecule has 0 atom stereocenters. The third kappa shape index (κ3) is 7.64. The lowest BCUT2D eigenvalue weighted by molar-refractivity contribution is -0.432. The summed E-state index contributed by atoms with van der Waals surface area (Å²) in [6, 6.07) is 0.662. The minimum absolute atomic E-state index is 0.0119. The summed E-state index contributed by atoms with van der Waals surface area (Å²) in [5.74, 6) is -13.7. The molecule has 0 amide bonds. The average Bonchev–Trinajstić information content (AvgIpc) is 2.86. The van der Waals surface area contributed by atoms with Crippen LogP contribution in [0.1, 0.15) is 42.7 Å². The van der Waals surface area contributed by atoms with Crippen LogP contribution in [-0.4, -0.2) is 19.6 Å². The Morgan fingerprint density at radius 3 is 1.60 bits per heavy atom. The molecule has 0 unspecified atom stereocenters. The zero-order valence-corrected chi connectivity index (χ0v) is 22.5. The second-order valence-corrected chi connectivity index (χ2v) is 9.77. The molecular formula is C28H19F13O4. The lowest BCUT2D eigenvalue weighted by atomic mass is 10.0. The predicted molar refractivity (Wildman–Crippen MR) is 127 cm³/mol. The molecule has 4 nitrogen and oxygen atoms in total. The fourth-order valence-corrected chi connectivity index (χ4v) is 4.59. The van der Waals surface area contributed by atoms with Gasteiger partial charge in [-0.1, -0.05) is 13.3 Å². The molecule has 45 heavy (non-hydrogen) atoms. The summed E-state index contributed by atoms with van der Waals surface area (Å²) in [6.07, 6.45) is -16.2. The summed E-state index contributed by atoms with van der Waals surface area (Å²) in [7, 11) is 0. The maximum absolute atomic E-state index is 14.9. The molecule has 0 spiro atoms. The van der Waals surface area contributed by atoms with Crippen molar-refractivity contribution in [2.24, 2.45) is 5.92 Å². The number of hydrogen-bond donors (Lipinski definition) is 0. The molecule has 1 fully saturated rings. The van der Waals surface area contributed by atoms with E-state index in [1.165, 1.54) is 0 Å². The first-order chi connectivity index (χ1) is 20.8. The highest BCUT2D eigenvalue weighted by Gasteiger charge is 2.49. The summed E-state index contributed by atoms with van der Waals surface area (Å²) in [6.45, 7) is 2.28. The van der Waals surface area contributed by atoms with E-state index in [1.807, 2.05) is 6.92 Å². The molecule has 1 aliphatic rings.